The van der Waals surface area contributed by atoms with Crippen LogP contribution in [-0.4, -0.2) is 35.7 Å². The summed E-state index contributed by atoms with van der Waals surface area (Å²) >= 11 is 0. The quantitative estimate of drug-likeness (QED) is 0.0690. The summed E-state index contributed by atoms with van der Waals surface area (Å²) in [4.78, 5) is 25.4. The molecule has 5 rings (SSSR count). The summed E-state index contributed by atoms with van der Waals surface area (Å²) in [5, 5.41) is 19.7. The van der Waals surface area contributed by atoms with Crippen molar-refractivity contribution in [3.8, 4) is 5.75 Å². The van der Waals surface area contributed by atoms with Crippen LogP contribution in [-0.2, 0) is 22.5 Å². The molecule has 0 fully saturated rings. The van der Waals surface area contributed by atoms with Crippen LogP contribution >= 0.6 is 0 Å². The van der Waals surface area contributed by atoms with Gasteiger partial charge in [-0.15, -0.1) is 0 Å². The molecule has 4 aromatic carbocycles. The van der Waals surface area contributed by atoms with Crippen LogP contribution in [0, 0.1) is 5.82 Å². The SMILES string of the molecule is [N-]=[N+]=Nc1ccccc1C[C@@]1(C(=O)NCc2ccc(F)cc2)N=C(c2ccc(OCCCO)cc2)O[C@@H]1c1ccccc1N=[N+]=[N-]. The molecule has 0 unspecified atom stereocenters. The van der Waals surface area contributed by atoms with Crippen LogP contribution < -0.4 is 10.1 Å². The summed E-state index contributed by atoms with van der Waals surface area (Å²) in [5.41, 5.74) is 19.6. The van der Waals surface area contributed by atoms with Crippen molar-refractivity contribution in [2.45, 2.75) is 31.0 Å². The highest BCUT2D eigenvalue weighted by atomic mass is 19.1. The first-order valence-corrected chi connectivity index (χ1v) is 14.4. The summed E-state index contributed by atoms with van der Waals surface area (Å²) in [6.07, 6.45) is -0.660. The van der Waals surface area contributed by atoms with E-state index in [4.69, 9.17) is 19.6 Å². The van der Waals surface area contributed by atoms with E-state index < -0.39 is 23.4 Å². The molecule has 0 radical (unpaired) electrons. The summed E-state index contributed by atoms with van der Waals surface area (Å²) in [6.45, 7) is 0.414. The maximum absolute atomic E-state index is 14.5. The third-order valence-corrected chi connectivity index (χ3v) is 7.37. The molecule has 2 N–H and O–H groups in total. The number of aliphatic imine (C=N–C) groups is 1. The molecule has 0 spiro atoms. The Bertz CT molecular complexity index is 1820. The molecule has 1 amide bonds. The molecule has 46 heavy (non-hydrogen) atoms. The molecule has 13 heteroatoms. The van der Waals surface area contributed by atoms with Crippen molar-refractivity contribution >= 4 is 23.2 Å². The van der Waals surface area contributed by atoms with E-state index in [1.54, 1.807) is 84.9 Å². The van der Waals surface area contributed by atoms with Crippen molar-refractivity contribution in [3.63, 3.8) is 0 Å². The van der Waals surface area contributed by atoms with Crippen molar-refractivity contribution < 1.29 is 23.8 Å². The minimum Gasteiger partial charge on any atom is -0.494 e. The highest BCUT2D eigenvalue weighted by molar-refractivity contribution is 6.01. The Labute approximate surface area is 263 Å². The smallest absolute Gasteiger partial charge is 0.252 e. The molecule has 0 aromatic heterocycles. The standard InChI is InChI=1S/C33H29FN8O4/c34-25-14-10-22(11-15-25)21-37-32(44)33(20-24-6-1-3-8-28(24)39-41-35)30(27-7-2-4-9-29(27)40-42-36)46-31(38-33)23-12-16-26(17-13-23)45-19-5-18-43/h1-4,6-17,30,43H,5,18-21H2,(H,37,44)/t30-,33-/m1/s1. The van der Waals surface area contributed by atoms with E-state index in [-0.39, 0.29) is 31.2 Å². The number of azide groups is 2. The molecule has 0 bridgehead atoms. The van der Waals surface area contributed by atoms with E-state index in [9.17, 15) is 20.2 Å². The first-order chi connectivity index (χ1) is 22.5. The van der Waals surface area contributed by atoms with Gasteiger partial charge in [0.15, 0.2) is 11.6 Å². The van der Waals surface area contributed by atoms with Crippen LogP contribution in [0.1, 0.15) is 34.8 Å². The molecule has 2 atom stereocenters. The van der Waals surface area contributed by atoms with Crippen LogP contribution in [0.25, 0.3) is 20.9 Å². The number of halogens is 1. The Morgan fingerprint density at radius 3 is 2.35 bits per heavy atom. The van der Waals surface area contributed by atoms with E-state index in [0.29, 0.717) is 46.7 Å². The second-order valence-corrected chi connectivity index (χ2v) is 10.3. The molecule has 0 aliphatic carbocycles. The number of nitrogens with one attached hydrogen (secondary N) is 1. The highest BCUT2D eigenvalue weighted by Crippen LogP contribution is 2.46. The molecule has 12 nitrogen and oxygen atoms in total. The van der Waals surface area contributed by atoms with Crippen molar-refractivity contribution in [2.75, 3.05) is 13.2 Å². The van der Waals surface area contributed by atoms with E-state index in [0.717, 1.165) is 0 Å². The molecule has 0 saturated heterocycles. The third-order valence-electron chi connectivity index (χ3n) is 7.37. The number of rotatable bonds is 13. The highest BCUT2D eigenvalue weighted by Gasteiger charge is 2.54. The van der Waals surface area contributed by atoms with Crippen LogP contribution in [0.15, 0.2) is 112 Å². The zero-order valence-corrected chi connectivity index (χ0v) is 24.5. The van der Waals surface area contributed by atoms with Gasteiger partial charge >= 0.3 is 0 Å². The number of amides is 1. The zero-order chi connectivity index (χ0) is 32.4. The van der Waals surface area contributed by atoms with Gasteiger partial charge in [0.2, 0.25) is 5.90 Å². The van der Waals surface area contributed by atoms with Crippen LogP contribution in [0.5, 0.6) is 5.75 Å². The minimum atomic E-state index is -1.69. The maximum atomic E-state index is 14.5. The minimum absolute atomic E-state index is 0.00948. The van der Waals surface area contributed by atoms with Gasteiger partial charge in [0.05, 0.1) is 6.61 Å². The van der Waals surface area contributed by atoms with Gasteiger partial charge < -0.3 is 19.9 Å². The first kappa shape index (κ1) is 31.6. The number of aliphatic hydroxyl groups excluding tert-OH is 1. The van der Waals surface area contributed by atoms with Gasteiger partial charge in [-0.3, -0.25) is 4.79 Å². The summed E-state index contributed by atoms with van der Waals surface area (Å²) in [5.74, 6) is -0.195. The summed E-state index contributed by atoms with van der Waals surface area (Å²) in [6, 6.07) is 26.3. The Balaban J connectivity index is 1.64. The second kappa shape index (κ2) is 14.7. The van der Waals surface area contributed by atoms with E-state index >= 15 is 0 Å². The molecule has 0 saturated carbocycles. The topological polar surface area (TPSA) is 178 Å². The summed E-state index contributed by atoms with van der Waals surface area (Å²) < 4.78 is 25.7. The number of carbonyl (C=O) groups excluding carboxylic acids is 1. The number of hydrogen-bond acceptors (Lipinski definition) is 7. The van der Waals surface area contributed by atoms with Crippen LogP contribution in [0.3, 0.4) is 0 Å². The number of carbonyl (C=O) groups is 1. The van der Waals surface area contributed by atoms with Gasteiger partial charge in [0, 0.05) is 58.3 Å². The molecular formula is C33H29FN8O4. The monoisotopic (exact) mass is 620 g/mol. The fraction of sp³-hybridized carbons (Fsp3) is 0.212. The Morgan fingerprint density at radius 2 is 1.63 bits per heavy atom. The lowest BCUT2D eigenvalue weighted by Gasteiger charge is -2.31. The summed E-state index contributed by atoms with van der Waals surface area (Å²) in [7, 11) is 0. The Morgan fingerprint density at radius 1 is 0.957 bits per heavy atom. The number of ether oxygens (including phenoxy) is 2. The Hall–Kier alpha value is -5.87. The van der Waals surface area contributed by atoms with Gasteiger partial charge in [0.25, 0.3) is 5.91 Å². The Kier molecular flexibility index (Phi) is 10.1. The van der Waals surface area contributed by atoms with Gasteiger partial charge in [0.1, 0.15) is 11.6 Å². The molecule has 232 valence electrons. The fourth-order valence-corrected chi connectivity index (χ4v) is 5.14. The van der Waals surface area contributed by atoms with Crippen molar-refractivity contribution in [3.05, 3.63) is 146 Å². The van der Waals surface area contributed by atoms with Gasteiger partial charge in [-0.25, -0.2) is 9.38 Å². The largest absolute Gasteiger partial charge is 0.494 e. The predicted octanol–water partition coefficient (Wildman–Crippen LogP) is 7.29. The lowest BCUT2D eigenvalue weighted by molar-refractivity contribution is -0.129. The van der Waals surface area contributed by atoms with E-state index in [1.807, 2.05) is 0 Å². The van der Waals surface area contributed by atoms with Gasteiger partial charge in [-0.1, -0.05) is 70.9 Å². The van der Waals surface area contributed by atoms with E-state index in [2.05, 4.69) is 25.4 Å². The molecule has 4 aromatic rings. The number of benzene rings is 4. The molecular weight excluding hydrogens is 591 g/mol. The number of aliphatic hydroxyl groups is 1. The predicted molar refractivity (Wildman–Crippen MR) is 169 cm³/mol. The number of nitrogens with zero attached hydrogens (tertiary/aromatic N) is 7. The molecule has 1 heterocycles. The van der Waals surface area contributed by atoms with Crippen molar-refractivity contribution in [1.29, 1.82) is 0 Å². The average Bonchev–Trinajstić information content (AvgIpc) is 3.46. The first-order valence-electron chi connectivity index (χ1n) is 14.4. The maximum Gasteiger partial charge on any atom is 0.252 e. The second-order valence-electron chi connectivity index (χ2n) is 10.3. The molecule has 1 aliphatic heterocycles. The van der Waals surface area contributed by atoms with Gasteiger partial charge in [-0.05, 0) is 58.6 Å². The fourth-order valence-electron chi connectivity index (χ4n) is 5.14. The van der Waals surface area contributed by atoms with Crippen LogP contribution in [0.2, 0.25) is 0 Å². The lowest BCUT2D eigenvalue weighted by atomic mass is 9.81. The van der Waals surface area contributed by atoms with Crippen molar-refractivity contribution in [2.24, 2.45) is 15.2 Å². The van der Waals surface area contributed by atoms with Gasteiger partial charge in [-0.2, -0.15) is 0 Å². The van der Waals surface area contributed by atoms with Crippen LogP contribution in [0.4, 0.5) is 15.8 Å². The molecule has 1 aliphatic rings. The lowest BCUT2D eigenvalue weighted by Crippen LogP contribution is -2.49. The normalized spacial score (nSPS) is 16.7. The van der Waals surface area contributed by atoms with E-state index in [1.165, 1.54) is 12.1 Å². The average molecular weight is 621 g/mol. The van der Waals surface area contributed by atoms with Crippen molar-refractivity contribution in [1.82, 2.24) is 5.32 Å². The number of hydrogen-bond donors (Lipinski definition) is 2. The zero-order valence-electron chi connectivity index (χ0n) is 24.5. The third kappa shape index (κ3) is 7.09.